The van der Waals surface area contributed by atoms with Gasteiger partial charge < -0.3 is 10.2 Å². The summed E-state index contributed by atoms with van der Waals surface area (Å²) in [6.45, 7) is 9.54. The van der Waals surface area contributed by atoms with Gasteiger partial charge in [0, 0.05) is 18.1 Å². The lowest BCUT2D eigenvalue weighted by Gasteiger charge is -2.32. The van der Waals surface area contributed by atoms with Crippen molar-refractivity contribution in [1.29, 1.82) is 0 Å². The highest BCUT2D eigenvalue weighted by Crippen LogP contribution is 2.27. The largest absolute Gasteiger partial charge is 0.354 e. The van der Waals surface area contributed by atoms with E-state index in [0.29, 0.717) is 11.6 Å². The van der Waals surface area contributed by atoms with Gasteiger partial charge in [-0.3, -0.25) is 13.9 Å². The zero-order valence-electron chi connectivity index (χ0n) is 23.0. The van der Waals surface area contributed by atoms with Gasteiger partial charge in [-0.2, -0.15) is 0 Å². The Bertz CT molecular complexity index is 1410. The first-order valence-corrected chi connectivity index (χ1v) is 14.7. The van der Waals surface area contributed by atoms with Gasteiger partial charge in [0.25, 0.3) is 10.0 Å². The average molecular weight is 570 g/mol. The molecule has 0 spiro atoms. The first-order valence-electron chi connectivity index (χ1n) is 12.9. The lowest BCUT2D eigenvalue weighted by Crippen LogP contribution is -2.51. The number of sulfonamides is 1. The van der Waals surface area contributed by atoms with Crippen molar-refractivity contribution >= 4 is 39.1 Å². The van der Waals surface area contributed by atoms with E-state index in [9.17, 15) is 18.0 Å². The molecule has 39 heavy (non-hydrogen) atoms. The minimum absolute atomic E-state index is 0.0498. The highest BCUT2D eigenvalue weighted by Gasteiger charge is 2.32. The lowest BCUT2D eigenvalue weighted by molar-refractivity contribution is -0.139. The highest BCUT2D eigenvalue weighted by atomic mass is 35.5. The van der Waals surface area contributed by atoms with E-state index in [-0.39, 0.29) is 29.0 Å². The van der Waals surface area contributed by atoms with Gasteiger partial charge in [0.2, 0.25) is 11.8 Å². The summed E-state index contributed by atoms with van der Waals surface area (Å²) in [4.78, 5) is 28.4. The molecule has 3 aromatic rings. The maximum atomic E-state index is 13.9. The Kier molecular flexibility index (Phi) is 10.2. The number of carbonyl (C=O) groups is 2. The Labute approximate surface area is 236 Å². The standard InChI is InChI=1S/C30H36ClN3O4S/c1-21(2)18-32-30(36)24(5)33(19-25-9-6-8-23(4)16-25)29(35)20-34(27-11-7-10-26(31)17-27)39(37,38)28-14-12-22(3)13-15-28/h6-17,21,24H,18-20H2,1-5H3,(H,32,36). The van der Waals surface area contributed by atoms with Gasteiger partial charge in [0.05, 0.1) is 10.6 Å². The van der Waals surface area contributed by atoms with Gasteiger partial charge >= 0.3 is 0 Å². The van der Waals surface area contributed by atoms with Crippen molar-refractivity contribution in [2.45, 2.75) is 52.1 Å². The number of rotatable bonds is 11. The number of carbonyl (C=O) groups excluding carboxylic acids is 2. The number of nitrogens with one attached hydrogen (secondary N) is 1. The fraction of sp³-hybridized carbons (Fsp3) is 0.333. The predicted octanol–water partition coefficient (Wildman–Crippen LogP) is 5.34. The van der Waals surface area contributed by atoms with Crippen LogP contribution >= 0.6 is 11.6 Å². The van der Waals surface area contributed by atoms with E-state index in [1.165, 1.54) is 23.1 Å². The van der Waals surface area contributed by atoms with Crippen molar-refractivity contribution < 1.29 is 18.0 Å². The van der Waals surface area contributed by atoms with E-state index in [4.69, 9.17) is 11.6 Å². The molecule has 0 bridgehead atoms. The zero-order valence-corrected chi connectivity index (χ0v) is 24.6. The summed E-state index contributed by atoms with van der Waals surface area (Å²) in [6.07, 6.45) is 0. The van der Waals surface area contributed by atoms with Gasteiger partial charge in [-0.1, -0.05) is 79.0 Å². The molecule has 7 nitrogen and oxygen atoms in total. The second kappa shape index (κ2) is 13.1. The number of benzene rings is 3. The summed E-state index contributed by atoms with van der Waals surface area (Å²) in [6, 6.07) is 19.6. The number of anilines is 1. The molecule has 0 fully saturated rings. The molecule has 1 atom stereocenters. The first-order chi connectivity index (χ1) is 18.4. The van der Waals surface area contributed by atoms with Crippen molar-refractivity contribution in [2.24, 2.45) is 5.92 Å². The van der Waals surface area contributed by atoms with E-state index >= 15 is 0 Å². The van der Waals surface area contributed by atoms with Crippen LogP contribution in [0.4, 0.5) is 5.69 Å². The molecule has 3 aromatic carbocycles. The van der Waals surface area contributed by atoms with Crippen LogP contribution in [0.5, 0.6) is 0 Å². The van der Waals surface area contributed by atoms with E-state index in [2.05, 4.69) is 5.32 Å². The molecule has 0 aliphatic rings. The average Bonchev–Trinajstić information content (AvgIpc) is 2.88. The molecule has 2 amide bonds. The molecule has 3 rings (SSSR count). The zero-order chi connectivity index (χ0) is 28.7. The van der Waals surface area contributed by atoms with Crippen LogP contribution in [-0.4, -0.2) is 44.3 Å². The summed E-state index contributed by atoms with van der Waals surface area (Å²) in [5.41, 5.74) is 3.01. The number of halogens is 1. The lowest BCUT2D eigenvalue weighted by atomic mass is 10.1. The first kappa shape index (κ1) is 30.2. The molecule has 0 radical (unpaired) electrons. The molecule has 0 saturated carbocycles. The normalized spacial score (nSPS) is 12.2. The van der Waals surface area contributed by atoms with Crippen LogP contribution in [0.1, 0.15) is 37.5 Å². The van der Waals surface area contributed by atoms with Crippen LogP contribution in [0.15, 0.2) is 77.7 Å². The van der Waals surface area contributed by atoms with Crippen LogP contribution in [0.25, 0.3) is 0 Å². The van der Waals surface area contributed by atoms with Gasteiger partial charge in [0.1, 0.15) is 12.6 Å². The summed E-state index contributed by atoms with van der Waals surface area (Å²) in [7, 11) is -4.14. The minimum atomic E-state index is -4.14. The van der Waals surface area contributed by atoms with E-state index in [0.717, 1.165) is 21.0 Å². The molecule has 0 saturated heterocycles. The van der Waals surface area contributed by atoms with Crippen molar-refractivity contribution in [3.05, 3.63) is 94.5 Å². The van der Waals surface area contributed by atoms with Crippen LogP contribution < -0.4 is 9.62 Å². The van der Waals surface area contributed by atoms with Gasteiger partial charge in [-0.05, 0) is 62.6 Å². The molecule has 0 aliphatic heterocycles. The molecule has 0 aliphatic carbocycles. The minimum Gasteiger partial charge on any atom is -0.354 e. The maximum Gasteiger partial charge on any atom is 0.264 e. The Morgan fingerprint density at radius 2 is 1.56 bits per heavy atom. The third kappa shape index (κ3) is 8.07. The Balaban J connectivity index is 2.01. The maximum absolute atomic E-state index is 13.9. The van der Waals surface area contributed by atoms with Crippen LogP contribution in [-0.2, 0) is 26.2 Å². The fourth-order valence-electron chi connectivity index (χ4n) is 4.04. The molecule has 0 heterocycles. The molecule has 1 unspecified atom stereocenters. The third-order valence-electron chi connectivity index (χ3n) is 6.27. The second-order valence-corrected chi connectivity index (χ2v) is 12.4. The summed E-state index contributed by atoms with van der Waals surface area (Å²) in [5.74, 6) is -0.584. The Morgan fingerprint density at radius 1 is 0.897 bits per heavy atom. The van der Waals surface area contributed by atoms with E-state index in [1.807, 2.05) is 52.0 Å². The Hall–Kier alpha value is -3.36. The van der Waals surface area contributed by atoms with Gasteiger partial charge in [0.15, 0.2) is 0 Å². The molecule has 1 N–H and O–H groups in total. The van der Waals surface area contributed by atoms with Crippen LogP contribution in [0, 0.1) is 19.8 Å². The topological polar surface area (TPSA) is 86.8 Å². The fourth-order valence-corrected chi connectivity index (χ4v) is 5.63. The number of amides is 2. The molecular weight excluding hydrogens is 534 g/mol. The van der Waals surface area contributed by atoms with E-state index in [1.54, 1.807) is 37.3 Å². The van der Waals surface area contributed by atoms with Crippen LogP contribution in [0.2, 0.25) is 5.02 Å². The SMILES string of the molecule is Cc1ccc(S(=O)(=O)N(CC(=O)N(Cc2cccc(C)c2)C(C)C(=O)NCC(C)C)c2cccc(Cl)c2)cc1. The van der Waals surface area contributed by atoms with Crippen molar-refractivity contribution in [2.75, 3.05) is 17.4 Å². The quantitative estimate of drug-likeness (QED) is 0.338. The predicted molar refractivity (Wildman–Crippen MR) is 156 cm³/mol. The monoisotopic (exact) mass is 569 g/mol. The summed E-state index contributed by atoms with van der Waals surface area (Å²) >= 11 is 6.21. The molecular formula is C30H36ClN3O4S. The number of aryl methyl sites for hydroxylation is 2. The van der Waals surface area contributed by atoms with Crippen molar-refractivity contribution in [3.8, 4) is 0 Å². The van der Waals surface area contributed by atoms with Crippen molar-refractivity contribution in [3.63, 3.8) is 0 Å². The van der Waals surface area contributed by atoms with E-state index < -0.39 is 28.5 Å². The van der Waals surface area contributed by atoms with Gasteiger partial charge in [-0.25, -0.2) is 8.42 Å². The summed E-state index contributed by atoms with van der Waals surface area (Å²) < 4.78 is 28.7. The Morgan fingerprint density at radius 3 is 2.18 bits per heavy atom. The number of hydrogen-bond acceptors (Lipinski definition) is 4. The number of hydrogen-bond donors (Lipinski definition) is 1. The van der Waals surface area contributed by atoms with Gasteiger partial charge in [-0.15, -0.1) is 0 Å². The smallest absolute Gasteiger partial charge is 0.264 e. The number of nitrogens with zero attached hydrogens (tertiary/aromatic N) is 2. The van der Waals surface area contributed by atoms with Crippen LogP contribution in [0.3, 0.4) is 0 Å². The van der Waals surface area contributed by atoms with Crippen molar-refractivity contribution in [1.82, 2.24) is 10.2 Å². The molecule has 0 aromatic heterocycles. The second-order valence-electron chi connectivity index (χ2n) is 10.1. The third-order valence-corrected chi connectivity index (χ3v) is 8.29. The summed E-state index contributed by atoms with van der Waals surface area (Å²) in [5, 5.41) is 3.22. The molecule has 208 valence electrons. The molecule has 9 heteroatoms. The highest BCUT2D eigenvalue weighted by molar-refractivity contribution is 7.92.